The molecule has 0 aliphatic heterocycles. The fourth-order valence-electron chi connectivity index (χ4n) is 2.08. The SMILES string of the molecule is CC(C)C(CNc1ccc2nccnc2n1)NC(=O)OC(C)(C)C. The van der Waals surface area contributed by atoms with Gasteiger partial charge in [0.2, 0.25) is 0 Å². The first-order chi connectivity index (χ1) is 11.2. The van der Waals surface area contributed by atoms with Crippen LogP contribution in [-0.2, 0) is 4.74 Å². The molecule has 0 fully saturated rings. The van der Waals surface area contributed by atoms with Gasteiger partial charge in [0.1, 0.15) is 16.9 Å². The van der Waals surface area contributed by atoms with Gasteiger partial charge in [0.15, 0.2) is 5.65 Å². The van der Waals surface area contributed by atoms with Gasteiger partial charge in [-0.2, -0.15) is 0 Å². The molecule has 7 heteroatoms. The third-order valence-corrected chi connectivity index (χ3v) is 3.34. The Hall–Kier alpha value is -2.44. The van der Waals surface area contributed by atoms with Crippen molar-refractivity contribution in [2.75, 3.05) is 11.9 Å². The lowest BCUT2D eigenvalue weighted by Crippen LogP contribution is -2.45. The van der Waals surface area contributed by atoms with E-state index in [4.69, 9.17) is 4.74 Å². The Balaban J connectivity index is 1.98. The highest BCUT2D eigenvalue weighted by Crippen LogP contribution is 2.12. The van der Waals surface area contributed by atoms with Crippen LogP contribution in [0, 0.1) is 5.92 Å². The summed E-state index contributed by atoms with van der Waals surface area (Å²) in [5.74, 6) is 0.935. The average molecular weight is 331 g/mol. The molecule has 1 unspecified atom stereocenters. The van der Waals surface area contributed by atoms with Crippen LogP contribution in [0.5, 0.6) is 0 Å². The molecule has 2 N–H and O–H groups in total. The van der Waals surface area contributed by atoms with Gasteiger partial charge in [0, 0.05) is 18.9 Å². The van der Waals surface area contributed by atoms with E-state index >= 15 is 0 Å². The summed E-state index contributed by atoms with van der Waals surface area (Å²) >= 11 is 0. The first kappa shape index (κ1) is 17.9. The molecule has 1 amide bonds. The fraction of sp³-hybridized carbons (Fsp3) is 0.529. The maximum atomic E-state index is 12.0. The van der Waals surface area contributed by atoms with Gasteiger partial charge in [0.25, 0.3) is 0 Å². The topological polar surface area (TPSA) is 89.0 Å². The minimum Gasteiger partial charge on any atom is -0.444 e. The van der Waals surface area contributed by atoms with Crippen LogP contribution in [-0.4, -0.2) is 39.2 Å². The Kier molecular flexibility index (Phi) is 5.54. The summed E-state index contributed by atoms with van der Waals surface area (Å²) in [6.45, 7) is 10.2. The second-order valence-corrected chi connectivity index (χ2v) is 6.97. The number of hydrogen-bond acceptors (Lipinski definition) is 6. The van der Waals surface area contributed by atoms with Crippen molar-refractivity contribution in [3.05, 3.63) is 24.5 Å². The highest BCUT2D eigenvalue weighted by Gasteiger charge is 2.21. The molecule has 2 rings (SSSR count). The number of ether oxygens (including phenoxy) is 1. The van der Waals surface area contributed by atoms with Crippen molar-refractivity contribution in [2.24, 2.45) is 5.92 Å². The molecule has 130 valence electrons. The van der Waals surface area contributed by atoms with E-state index in [-0.39, 0.29) is 12.0 Å². The Labute approximate surface area is 142 Å². The van der Waals surface area contributed by atoms with Crippen LogP contribution < -0.4 is 10.6 Å². The van der Waals surface area contributed by atoms with Crippen LogP contribution in [0.15, 0.2) is 24.5 Å². The summed E-state index contributed by atoms with van der Waals surface area (Å²) in [4.78, 5) is 24.8. The minimum absolute atomic E-state index is 0.0841. The highest BCUT2D eigenvalue weighted by atomic mass is 16.6. The predicted octanol–water partition coefficient (Wildman–Crippen LogP) is 2.99. The lowest BCUT2D eigenvalue weighted by molar-refractivity contribution is 0.0494. The maximum Gasteiger partial charge on any atom is 0.407 e. The maximum absolute atomic E-state index is 12.0. The number of aromatic nitrogens is 3. The highest BCUT2D eigenvalue weighted by molar-refractivity contribution is 5.71. The summed E-state index contributed by atoms with van der Waals surface area (Å²) in [7, 11) is 0. The zero-order chi connectivity index (χ0) is 17.7. The molecule has 0 aromatic carbocycles. The van der Waals surface area contributed by atoms with Crippen LogP contribution in [0.3, 0.4) is 0 Å². The van der Waals surface area contributed by atoms with Crippen molar-refractivity contribution in [3.63, 3.8) is 0 Å². The van der Waals surface area contributed by atoms with Crippen molar-refractivity contribution in [3.8, 4) is 0 Å². The molecule has 0 aliphatic rings. The molecule has 2 aromatic rings. The average Bonchev–Trinajstić information content (AvgIpc) is 2.49. The molecule has 7 nitrogen and oxygen atoms in total. The molecule has 0 saturated carbocycles. The van der Waals surface area contributed by atoms with Crippen molar-refractivity contribution < 1.29 is 9.53 Å². The van der Waals surface area contributed by atoms with Crippen LogP contribution in [0.25, 0.3) is 11.2 Å². The van der Waals surface area contributed by atoms with E-state index in [0.29, 0.717) is 18.0 Å². The number of carbonyl (C=O) groups excluding carboxylic acids is 1. The van der Waals surface area contributed by atoms with Crippen LogP contribution >= 0.6 is 0 Å². The van der Waals surface area contributed by atoms with Crippen LogP contribution in [0.2, 0.25) is 0 Å². The third kappa shape index (κ3) is 5.33. The molecule has 0 radical (unpaired) electrons. The summed E-state index contributed by atoms with van der Waals surface area (Å²) < 4.78 is 5.32. The van der Waals surface area contributed by atoms with Crippen LogP contribution in [0.4, 0.5) is 10.6 Å². The molecule has 0 aliphatic carbocycles. The Bertz CT molecular complexity index is 697. The molecule has 24 heavy (non-hydrogen) atoms. The number of pyridine rings is 1. The van der Waals surface area contributed by atoms with E-state index in [2.05, 4.69) is 25.6 Å². The van der Waals surface area contributed by atoms with E-state index in [1.807, 2.05) is 46.8 Å². The van der Waals surface area contributed by atoms with Gasteiger partial charge in [-0.1, -0.05) is 13.8 Å². The molecule has 1 atom stereocenters. The lowest BCUT2D eigenvalue weighted by atomic mass is 10.0. The number of amides is 1. The smallest absolute Gasteiger partial charge is 0.407 e. The van der Waals surface area contributed by atoms with Gasteiger partial charge in [-0.3, -0.25) is 4.98 Å². The normalized spacial score (nSPS) is 12.9. The zero-order valence-corrected chi connectivity index (χ0v) is 14.8. The quantitative estimate of drug-likeness (QED) is 0.875. The monoisotopic (exact) mass is 331 g/mol. The van der Waals surface area contributed by atoms with Gasteiger partial charge >= 0.3 is 6.09 Å². The third-order valence-electron chi connectivity index (χ3n) is 3.34. The second-order valence-electron chi connectivity index (χ2n) is 6.97. The van der Waals surface area contributed by atoms with Crippen molar-refractivity contribution in [2.45, 2.75) is 46.3 Å². The Morgan fingerprint density at radius 3 is 2.58 bits per heavy atom. The number of nitrogens with one attached hydrogen (secondary N) is 2. The summed E-state index contributed by atoms with van der Waals surface area (Å²) in [6, 6.07) is 3.63. The second kappa shape index (κ2) is 7.42. The van der Waals surface area contributed by atoms with Gasteiger partial charge in [-0.05, 0) is 38.8 Å². The number of nitrogens with zero attached hydrogens (tertiary/aromatic N) is 3. The van der Waals surface area contributed by atoms with Gasteiger partial charge < -0.3 is 15.4 Å². The summed E-state index contributed by atoms with van der Waals surface area (Å²) in [5.41, 5.74) is 0.816. The number of carbonyl (C=O) groups is 1. The molecule has 0 bridgehead atoms. The van der Waals surface area contributed by atoms with Gasteiger partial charge in [-0.25, -0.2) is 14.8 Å². The van der Waals surface area contributed by atoms with Gasteiger partial charge in [0.05, 0.1) is 6.04 Å². The van der Waals surface area contributed by atoms with E-state index in [9.17, 15) is 4.79 Å². The molecule has 0 spiro atoms. The zero-order valence-electron chi connectivity index (χ0n) is 14.8. The first-order valence-corrected chi connectivity index (χ1v) is 8.06. The number of anilines is 1. The fourth-order valence-corrected chi connectivity index (χ4v) is 2.08. The van der Waals surface area contributed by atoms with E-state index in [1.54, 1.807) is 12.4 Å². The van der Waals surface area contributed by atoms with Crippen molar-refractivity contribution in [1.82, 2.24) is 20.3 Å². The summed E-state index contributed by atoms with van der Waals surface area (Å²) in [5, 5.41) is 6.14. The molecule has 2 heterocycles. The number of rotatable bonds is 5. The lowest BCUT2D eigenvalue weighted by Gasteiger charge is -2.26. The summed E-state index contributed by atoms with van der Waals surface area (Å²) in [6.07, 6.45) is 2.83. The molecule has 2 aromatic heterocycles. The number of fused-ring (bicyclic) bond motifs is 1. The Morgan fingerprint density at radius 1 is 1.21 bits per heavy atom. The van der Waals surface area contributed by atoms with Crippen molar-refractivity contribution in [1.29, 1.82) is 0 Å². The standard InChI is InChI=1S/C17H25N5O2/c1-11(2)13(21-16(23)24-17(3,4)5)10-20-14-7-6-12-15(22-14)19-9-8-18-12/h6-9,11,13H,10H2,1-5H3,(H,21,23)(H,19,20,22). The largest absolute Gasteiger partial charge is 0.444 e. The van der Waals surface area contributed by atoms with Crippen molar-refractivity contribution >= 4 is 23.1 Å². The number of hydrogen-bond donors (Lipinski definition) is 2. The van der Waals surface area contributed by atoms with Crippen LogP contribution in [0.1, 0.15) is 34.6 Å². The Morgan fingerprint density at radius 2 is 1.92 bits per heavy atom. The number of alkyl carbamates (subject to hydrolysis) is 1. The van der Waals surface area contributed by atoms with Gasteiger partial charge in [-0.15, -0.1) is 0 Å². The first-order valence-electron chi connectivity index (χ1n) is 8.06. The minimum atomic E-state index is -0.516. The predicted molar refractivity (Wildman–Crippen MR) is 93.8 cm³/mol. The van der Waals surface area contributed by atoms with E-state index < -0.39 is 11.7 Å². The van der Waals surface area contributed by atoms with E-state index in [1.165, 1.54) is 0 Å². The molecular weight excluding hydrogens is 306 g/mol. The van der Waals surface area contributed by atoms with E-state index in [0.717, 1.165) is 5.52 Å². The molecule has 0 saturated heterocycles. The molecular formula is C17H25N5O2.